The van der Waals surface area contributed by atoms with Crippen LogP contribution in [0.25, 0.3) is 0 Å². The molecule has 0 aromatic heterocycles. The van der Waals surface area contributed by atoms with E-state index in [0.717, 1.165) is 37.6 Å². The minimum atomic E-state index is -4.25. The zero-order valence-electron chi connectivity index (χ0n) is 23.9. The van der Waals surface area contributed by atoms with Crippen LogP contribution in [0, 0.1) is 12.7 Å². The number of hydrogen-bond acceptors (Lipinski definition) is 4. The van der Waals surface area contributed by atoms with E-state index >= 15 is 0 Å². The van der Waals surface area contributed by atoms with Crippen LogP contribution in [0.15, 0.2) is 112 Å². The van der Waals surface area contributed by atoms with E-state index in [0.29, 0.717) is 6.54 Å². The molecule has 4 aromatic rings. The third-order valence-corrected chi connectivity index (χ3v) is 9.21. The number of sulfonamides is 1. The largest absolute Gasteiger partial charge is 0.355 e. The molecule has 1 atom stereocenters. The molecule has 43 heavy (non-hydrogen) atoms. The van der Waals surface area contributed by atoms with Crippen LogP contribution in [-0.4, -0.2) is 44.3 Å². The summed E-state index contributed by atoms with van der Waals surface area (Å²) in [6, 6.07) is 26.9. The summed E-state index contributed by atoms with van der Waals surface area (Å²) in [5.74, 6) is -1.49. The van der Waals surface area contributed by atoms with Crippen molar-refractivity contribution in [2.45, 2.75) is 37.8 Å². The Hall–Kier alpha value is -4.02. The van der Waals surface area contributed by atoms with Gasteiger partial charge < -0.3 is 10.2 Å². The number of aryl methyl sites for hydroxylation is 1. The van der Waals surface area contributed by atoms with E-state index in [1.807, 2.05) is 61.5 Å². The Balaban J connectivity index is 1.78. The molecule has 7 nitrogen and oxygen atoms in total. The van der Waals surface area contributed by atoms with Crippen molar-refractivity contribution in [2.24, 2.45) is 0 Å². The maximum absolute atomic E-state index is 14.3. The van der Waals surface area contributed by atoms with Gasteiger partial charge in [-0.05, 0) is 73.5 Å². The molecule has 0 unspecified atom stereocenters. The third kappa shape index (κ3) is 8.30. The number of halogens is 2. The molecule has 10 heteroatoms. The van der Waals surface area contributed by atoms with Gasteiger partial charge >= 0.3 is 0 Å². The van der Waals surface area contributed by atoms with Crippen molar-refractivity contribution < 1.29 is 22.4 Å². The molecule has 4 rings (SSSR count). The van der Waals surface area contributed by atoms with Crippen LogP contribution >= 0.6 is 15.9 Å². The number of anilines is 1. The van der Waals surface area contributed by atoms with Crippen molar-refractivity contribution in [3.05, 3.63) is 130 Å². The van der Waals surface area contributed by atoms with E-state index < -0.39 is 34.3 Å². The van der Waals surface area contributed by atoms with Crippen LogP contribution in [0.3, 0.4) is 0 Å². The molecule has 0 saturated carbocycles. The van der Waals surface area contributed by atoms with Crippen molar-refractivity contribution in [3.63, 3.8) is 0 Å². The zero-order chi connectivity index (χ0) is 31.0. The van der Waals surface area contributed by atoms with E-state index in [9.17, 15) is 22.4 Å². The lowest BCUT2D eigenvalue weighted by Crippen LogP contribution is -2.53. The van der Waals surface area contributed by atoms with E-state index in [4.69, 9.17) is 0 Å². The zero-order valence-corrected chi connectivity index (χ0v) is 26.3. The Morgan fingerprint density at radius 3 is 2.09 bits per heavy atom. The van der Waals surface area contributed by atoms with Crippen LogP contribution in [0.1, 0.15) is 23.6 Å². The average Bonchev–Trinajstić information content (AvgIpc) is 3.00. The quantitative estimate of drug-likeness (QED) is 0.205. The van der Waals surface area contributed by atoms with Gasteiger partial charge in [0.1, 0.15) is 18.4 Å². The molecule has 224 valence electrons. The van der Waals surface area contributed by atoms with Crippen LogP contribution < -0.4 is 9.62 Å². The van der Waals surface area contributed by atoms with E-state index in [2.05, 4.69) is 21.2 Å². The fraction of sp³-hybridized carbons (Fsp3) is 0.212. The second kappa shape index (κ2) is 14.4. The van der Waals surface area contributed by atoms with Gasteiger partial charge in [-0.2, -0.15) is 0 Å². The van der Waals surface area contributed by atoms with Crippen LogP contribution in [0.5, 0.6) is 0 Å². The number of hydrogen-bond donors (Lipinski definition) is 1. The third-order valence-electron chi connectivity index (χ3n) is 6.89. The highest BCUT2D eigenvalue weighted by atomic mass is 79.9. The monoisotopic (exact) mass is 665 g/mol. The molecule has 0 saturated heterocycles. The number of carbonyl (C=O) groups is 2. The van der Waals surface area contributed by atoms with Crippen LogP contribution in [0.2, 0.25) is 0 Å². The molecule has 0 fully saturated rings. The SMILES string of the molecule is CCNC(=O)[C@H](Cc1ccccc1)N(Cc1ccc(Br)cc1)C(=O)CN(c1ccc(F)cc1)S(=O)(=O)c1ccc(C)cc1. The maximum Gasteiger partial charge on any atom is 0.264 e. The molecule has 2 amide bonds. The minimum Gasteiger partial charge on any atom is -0.355 e. The van der Waals surface area contributed by atoms with Gasteiger partial charge in [0, 0.05) is 24.0 Å². The summed E-state index contributed by atoms with van der Waals surface area (Å²) in [6.07, 6.45) is 0.218. The number of benzene rings is 4. The molecule has 0 heterocycles. The highest BCUT2D eigenvalue weighted by molar-refractivity contribution is 9.10. The van der Waals surface area contributed by atoms with E-state index in [1.54, 1.807) is 19.1 Å². The fourth-order valence-electron chi connectivity index (χ4n) is 4.61. The summed E-state index contributed by atoms with van der Waals surface area (Å²) in [6.45, 7) is 3.44. The molecule has 4 aromatic carbocycles. The summed E-state index contributed by atoms with van der Waals surface area (Å²) in [4.78, 5) is 29.2. The smallest absolute Gasteiger partial charge is 0.264 e. The second-order valence-corrected chi connectivity index (χ2v) is 12.8. The van der Waals surface area contributed by atoms with Crippen LogP contribution in [-0.2, 0) is 32.6 Å². The normalized spacial score (nSPS) is 11.9. The fourth-order valence-corrected chi connectivity index (χ4v) is 6.28. The Bertz CT molecular complexity index is 1630. The first kappa shape index (κ1) is 31.9. The van der Waals surface area contributed by atoms with Gasteiger partial charge in [0.15, 0.2) is 0 Å². The molecular weight excluding hydrogens is 633 g/mol. The second-order valence-electron chi connectivity index (χ2n) is 10.0. The molecule has 0 bridgehead atoms. The van der Waals surface area contributed by atoms with Gasteiger partial charge in [0.25, 0.3) is 10.0 Å². The van der Waals surface area contributed by atoms with Crippen molar-refractivity contribution >= 4 is 43.5 Å². The summed E-state index contributed by atoms with van der Waals surface area (Å²) < 4.78 is 43.6. The predicted octanol–water partition coefficient (Wildman–Crippen LogP) is 5.87. The average molecular weight is 667 g/mol. The summed E-state index contributed by atoms with van der Waals surface area (Å²) in [5, 5.41) is 2.83. The molecule has 0 aliphatic heterocycles. The molecule has 0 aliphatic carbocycles. The number of likely N-dealkylation sites (N-methyl/N-ethyl adjacent to an activating group) is 1. The van der Waals surface area contributed by atoms with Gasteiger partial charge in [-0.3, -0.25) is 13.9 Å². The lowest BCUT2D eigenvalue weighted by atomic mass is 10.0. The number of amides is 2. The Kier molecular flexibility index (Phi) is 10.7. The first-order valence-corrected chi connectivity index (χ1v) is 16.0. The van der Waals surface area contributed by atoms with Crippen molar-refractivity contribution in [1.82, 2.24) is 10.2 Å². The summed E-state index contributed by atoms with van der Waals surface area (Å²) >= 11 is 3.42. The first-order valence-electron chi connectivity index (χ1n) is 13.8. The summed E-state index contributed by atoms with van der Waals surface area (Å²) in [5.41, 5.74) is 2.59. The Morgan fingerprint density at radius 1 is 0.860 bits per heavy atom. The van der Waals surface area contributed by atoms with Crippen molar-refractivity contribution in [3.8, 4) is 0 Å². The minimum absolute atomic E-state index is 0.0146. The number of nitrogens with one attached hydrogen (secondary N) is 1. The summed E-state index contributed by atoms with van der Waals surface area (Å²) in [7, 11) is -4.25. The molecular formula is C33H33BrFN3O4S. The first-order chi connectivity index (χ1) is 20.6. The Labute approximate surface area is 260 Å². The van der Waals surface area contributed by atoms with Gasteiger partial charge in [-0.1, -0.05) is 76.1 Å². The predicted molar refractivity (Wildman–Crippen MR) is 169 cm³/mol. The molecule has 1 N–H and O–H groups in total. The highest BCUT2D eigenvalue weighted by Crippen LogP contribution is 2.26. The van der Waals surface area contributed by atoms with Gasteiger partial charge in [0.2, 0.25) is 11.8 Å². The van der Waals surface area contributed by atoms with E-state index in [1.165, 1.54) is 29.2 Å². The molecule has 0 aliphatic rings. The molecule has 0 spiro atoms. The number of carbonyl (C=O) groups excluding carboxylic acids is 2. The highest BCUT2D eigenvalue weighted by Gasteiger charge is 2.34. The van der Waals surface area contributed by atoms with Gasteiger partial charge in [-0.25, -0.2) is 12.8 Å². The van der Waals surface area contributed by atoms with Gasteiger partial charge in [-0.15, -0.1) is 0 Å². The van der Waals surface area contributed by atoms with E-state index in [-0.39, 0.29) is 29.5 Å². The number of nitrogens with zero attached hydrogens (tertiary/aromatic N) is 2. The topological polar surface area (TPSA) is 86.8 Å². The maximum atomic E-state index is 14.3. The lowest BCUT2D eigenvalue weighted by molar-refractivity contribution is -0.140. The Morgan fingerprint density at radius 2 is 1.49 bits per heavy atom. The van der Waals surface area contributed by atoms with Crippen molar-refractivity contribution in [2.75, 3.05) is 17.4 Å². The molecule has 0 radical (unpaired) electrons. The lowest BCUT2D eigenvalue weighted by Gasteiger charge is -2.33. The standard InChI is InChI=1S/C33H33BrFN3O4S/c1-3-36-33(40)31(21-25-7-5-4-6-8-25)37(22-26-11-13-27(34)14-12-26)32(39)23-38(29-17-15-28(35)16-18-29)43(41,42)30-19-9-24(2)10-20-30/h4-20,31H,3,21-23H2,1-2H3,(H,36,40)/t31-/m0/s1. The number of rotatable bonds is 12. The van der Waals surface area contributed by atoms with Gasteiger partial charge in [0.05, 0.1) is 10.6 Å². The van der Waals surface area contributed by atoms with Crippen LogP contribution in [0.4, 0.5) is 10.1 Å². The van der Waals surface area contributed by atoms with Crippen molar-refractivity contribution in [1.29, 1.82) is 0 Å².